The molecule has 0 amide bonds. The van der Waals surface area contributed by atoms with Crippen molar-refractivity contribution in [2.45, 2.75) is 5.88 Å². The number of hydrogen-bond acceptors (Lipinski definition) is 3. The van der Waals surface area contributed by atoms with Crippen LogP contribution in [0.25, 0.3) is 0 Å². The molecule has 5 heteroatoms. The molecule has 0 aromatic heterocycles. The molecule has 3 nitrogen and oxygen atoms in total. The molecule has 0 fully saturated rings. The van der Waals surface area contributed by atoms with Gasteiger partial charge in [0.25, 0.3) is 0 Å². The third-order valence-electron chi connectivity index (χ3n) is 1.88. The maximum atomic E-state index is 13.6. The third kappa shape index (κ3) is 2.39. The van der Waals surface area contributed by atoms with E-state index in [9.17, 15) is 9.18 Å². The van der Waals surface area contributed by atoms with Gasteiger partial charge in [0.15, 0.2) is 11.6 Å². The zero-order chi connectivity index (χ0) is 11.4. The monoisotopic (exact) mass is 232 g/mol. The van der Waals surface area contributed by atoms with Crippen molar-refractivity contribution in [1.29, 1.82) is 0 Å². The highest BCUT2D eigenvalue weighted by Crippen LogP contribution is 2.24. The van der Waals surface area contributed by atoms with E-state index in [0.717, 1.165) is 0 Å². The molecule has 0 atom stereocenters. The number of carbonyl (C=O) groups is 1. The second kappa shape index (κ2) is 4.98. The van der Waals surface area contributed by atoms with Gasteiger partial charge in [-0.3, -0.25) is 0 Å². The molecule has 0 saturated heterocycles. The molecule has 0 bridgehead atoms. The molecule has 0 saturated carbocycles. The first-order valence-corrected chi connectivity index (χ1v) is 4.68. The van der Waals surface area contributed by atoms with E-state index < -0.39 is 11.8 Å². The normalized spacial score (nSPS) is 9.87. The number of methoxy groups -OCH3 is 2. The summed E-state index contributed by atoms with van der Waals surface area (Å²) in [7, 11) is 2.50. The van der Waals surface area contributed by atoms with Crippen LogP contribution in [0.1, 0.15) is 15.9 Å². The van der Waals surface area contributed by atoms with Crippen LogP contribution in [0, 0.1) is 5.82 Å². The zero-order valence-electron chi connectivity index (χ0n) is 8.34. The summed E-state index contributed by atoms with van der Waals surface area (Å²) in [5.74, 6) is -1.34. The number of carbonyl (C=O) groups excluding carboxylic acids is 1. The number of rotatable bonds is 3. The lowest BCUT2D eigenvalue weighted by atomic mass is 10.1. The molecule has 1 rings (SSSR count). The van der Waals surface area contributed by atoms with Crippen molar-refractivity contribution in [2.24, 2.45) is 0 Å². The summed E-state index contributed by atoms with van der Waals surface area (Å²) in [5.41, 5.74) is 0.419. The van der Waals surface area contributed by atoms with Crippen LogP contribution in [0.3, 0.4) is 0 Å². The van der Waals surface area contributed by atoms with Gasteiger partial charge < -0.3 is 9.47 Å². The minimum Gasteiger partial charge on any atom is -0.494 e. The summed E-state index contributed by atoms with van der Waals surface area (Å²) in [5, 5.41) is 0. The molecule has 0 aliphatic heterocycles. The number of benzene rings is 1. The van der Waals surface area contributed by atoms with Crippen LogP contribution in [-0.4, -0.2) is 20.2 Å². The first kappa shape index (κ1) is 11.8. The van der Waals surface area contributed by atoms with Crippen LogP contribution in [0.15, 0.2) is 12.1 Å². The fourth-order valence-electron chi connectivity index (χ4n) is 1.14. The van der Waals surface area contributed by atoms with Gasteiger partial charge >= 0.3 is 5.97 Å². The average Bonchev–Trinajstić information content (AvgIpc) is 2.28. The molecule has 1 aromatic rings. The van der Waals surface area contributed by atoms with E-state index in [-0.39, 0.29) is 17.2 Å². The standard InChI is InChI=1S/C10H10ClFO3/c1-14-8-4-6(5-11)3-7(9(8)12)10(13)15-2/h3-4H,5H2,1-2H3. The van der Waals surface area contributed by atoms with E-state index in [1.807, 2.05) is 0 Å². The topological polar surface area (TPSA) is 35.5 Å². The summed E-state index contributed by atoms with van der Waals surface area (Å²) >= 11 is 5.60. The van der Waals surface area contributed by atoms with Gasteiger partial charge in [0.2, 0.25) is 0 Å². The molecule has 0 unspecified atom stereocenters. The Morgan fingerprint density at radius 2 is 2.13 bits per heavy atom. The highest BCUT2D eigenvalue weighted by atomic mass is 35.5. The Morgan fingerprint density at radius 3 is 2.60 bits per heavy atom. The fraction of sp³-hybridized carbons (Fsp3) is 0.300. The molecular weight excluding hydrogens is 223 g/mol. The maximum Gasteiger partial charge on any atom is 0.341 e. The molecule has 0 aliphatic carbocycles. The Labute approximate surface area is 91.7 Å². The van der Waals surface area contributed by atoms with Gasteiger partial charge in [-0.15, -0.1) is 11.6 Å². The highest BCUT2D eigenvalue weighted by molar-refractivity contribution is 6.17. The molecule has 0 aliphatic rings. The van der Waals surface area contributed by atoms with Gasteiger partial charge in [-0.05, 0) is 17.7 Å². The Balaban J connectivity index is 3.30. The Bertz CT molecular complexity index is 379. The average molecular weight is 233 g/mol. The number of alkyl halides is 1. The van der Waals surface area contributed by atoms with E-state index in [2.05, 4.69) is 4.74 Å². The van der Waals surface area contributed by atoms with Gasteiger partial charge in [-0.25, -0.2) is 9.18 Å². The zero-order valence-corrected chi connectivity index (χ0v) is 9.10. The van der Waals surface area contributed by atoms with Gasteiger partial charge in [-0.2, -0.15) is 0 Å². The van der Waals surface area contributed by atoms with Gasteiger partial charge in [-0.1, -0.05) is 0 Å². The van der Waals surface area contributed by atoms with Crippen LogP contribution in [0.5, 0.6) is 5.75 Å². The largest absolute Gasteiger partial charge is 0.494 e. The lowest BCUT2D eigenvalue weighted by Crippen LogP contribution is -2.06. The summed E-state index contributed by atoms with van der Waals surface area (Å²) in [6, 6.07) is 2.78. The molecule has 0 N–H and O–H groups in total. The van der Waals surface area contributed by atoms with Crippen molar-refractivity contribution in [3.63, 3.8) is 0 Å². The molecule has 15 heavy (non-hydrogen) atoms. The number of esters is 1. The minimum absolute atomic E-state index is 0.0199. The Kier molecular flexibility index (Phi) is 3.91. The first-order chi connectivity index (χ1) is 7.13. The van der Waals surface area contributed by atoms with Crippen molar-refractivity contribution in [3.8, 4) is 5.75 Å². The second-order valence-corrected chi connectivity index (χ2v) is 3.05. The molecule has 0 radical (unpaired) electrons. The van der Waals surface area contributed by atoms with E-state index in [1.165, 1.54) is 26.4 Å². The van der Waals surface area contributed by atoms with E-state index >= 15 is 0 Å². The van der Waals surface area contributed by atoms with Crippen molar-refractivity contribution in [1.82, 2.24) is 0 Å². The number of ether oxygens (including phenoxy) is 2. The molecule has 1 aromatic carbocycles. The summed E-state index contributed by atoms with van der Waals surface area (Å²) in [6.45, 7) is 0. The summed E-state index contributed by atoms with van der Waals surface area (Å²) in [4.78, 5) is 11.2. The van der Waals surface area contributed by atoms with Crippen molar-refractivity contribution < 1.29 is 18.7 Å². The molecule has 82 valence electrons. The van der Waals surface area contributed by atoms with Crippen LogP contribution < -0.4 is 4.74 Å². The van der Waals surface area contributed by atoms with Crippen LogP contribution in [0.4, 0.5) is 4.39 Å². The van der Waals surface area contributed by atoms with E-state index in [4.69, 9.17) is 16.3 Å². The maximum absolute atomic E-state index is 13.6. The third-order valence-corrected chi connectivity index (χ3v) is 2.19. The van der Waals surface area contributed by atoms with Crippen molar-refractivity contribution in [3.05, 3.63) is 29.1 Å². The van der Waals surface area contributed by atoms with Crippen molar-refractivity contribution >= 4 is 17.6 Å². The van der Waals surface area contributed by atoms with Crippen LogP contribution in [-0.2, 0) is 10.6 Å². The fourth-order valence-corrected chi connectivity index (χ4v) is 1.29. The summed E-state index contributed by atoms with van der Waals surface area (Å²) in [6.07, 6.45) is 0. The van der Waals surface area contributed by atoms with Gasteiger partial charge in [0, 0.05) is 5.88 Å². The molecule has 0 spiro atoms. The quantitative estimate of drug-likeness (QED) is 0.593. The molecule has 0 heterocycles. The number of hydrogen-bond donors (Lipinski definition) is 0. The first-order valence-electron chi connectivity index (χ1n) is 4.14. The lowest BCUT2D eigenvalue weighted by molar-refractivity contribution is 0.0594. The Hall–Kier alpha value is -1.29. The van der Waals surface area contributed by atoms with E-state index in [1.54, 1.807) is 0 Å². The molecular formula is C10H10ClFO3. The predicted octanol–water partition coefficient (Wildman–Crippen LogP) is 2.36. The smallest absolute Gasteiger partial charge is 0.341 e. The lowest BCUT2D eigenvalue weighted by Gasteiger charge is -2.08. The second-order valence-electron chi connectivity index (χ2n) is 2.78. The van der Waals surface area contributed by atoms with E-state index in [0.29, 0.717) is 5.56 Å². The summed E-state index contributed by atoms with van der Waals surface area (Å²) < 4.78 is 22.8. The SMILES string of the molecule is COC(=O)c1cc(CCl)cc(OC)c1F. The predicted molar refractivity (Wildman–Crippen MR) is 53.8 cm³/mol. The number of halogens is 2. The van der Waals surface area contributed by atoms with Gasteiger partial charge in [0.05, 0.1) is 19.8 Å². The van der Waals surface area contributed by atoms with Crippen LogP contribution >= 0.6 is 11.6 Å². The van der Waals surface area contributed by atoms with Crippen molar-refractivity contribution in [2.75, 3.05) is 14.2 Å². The van der Waals surface area contributed by atoms with Crippen LogP contribution in [0.2, 0.25) is 0 Å². The van der Waals surface area contributed by atoms with Gasteiger partial charge in [0.1, 0.15) is 0 Å². The minimum atomic E-state index is -0.752. The highest BCUT2D eigenvalue weighted by Gasteiger charge is 2.17. The Morgan fingerprint density at radius 1 is 1.47 bits per heavy atom.